The molecule has 1 unspecified atom stereocenters. The Hall–Kier alpha value is -0.530. The molecule has 1 saturated heterocycles. The van der Waals surface area contributed by atoms with Crippen LogP contribution >= 0.6 is 11.8 Å². The number of carbonyl (C=O) groups is 1. The standard InChI is InChI=1S/C13H19F5O2S/c1-8(2)11(19)20-10(12(14,15)13(16,17)18)7-9-3-5-21-6-4-9/h8-10H,3-7H2,1-2H3. The van der Waals surface area contributed by atoms with E-state index in [0.717, 1.165) is 11.5 Å². The van der Waals surface area contributed by atoms with Gasteiger partial charge in [0.25, 0.3) is 0 Å². The Labute approximate surface area is 124 Å². The molecular weight excluding hydrogens is 315 g/mol. The topological polar surface area (TPSA) is 26.3 Å². The quantitative estimate of drug-likeness (QED) is 0.554. The van der Waals surface area contributed by atoms with Crippen molar-refractivity contribution in [2.45, 2.75) is 51.3 Å². The molecule has 1 atom stereocenters. The maximum absolute atomic E-state index is 13.6. The van der Waals surface area contributed by atoms with Gasteiger partial charge in [0.2, 0.25) is 0 Å². The van der Waals surface area contributed by atoms with Gasteiger partial charge in [-0.3, -0.25) is 4.79 Å². The Bertz CT molecular complexity index is 351. The van der Waals surface area contributed by atoms with Crippen LogP contribution in [-0.4, -0.2) is 35.7 Å². The molecule has 1 aliphatic rings. The normalized spacial score (nSPS) is 19.6. The van der Waals surface area contributed by atoms with Gasteiger partial charge in [0.05, 0.1) is 5.92 Å². The summed E-state index contributed by atoms with van der Waals surface area (Å²) in [7, 11) is 0. The number of esters is 1. The fourth-order valence-electron chi connectivity index (χ4n) is 2.01. The number of thioether (sulfide) groups is 1. The highest BCUT2D eigenvalue weighted by molar-refractivity contribution is 7.99. The van der Waals surface area contributed by atoms with E-state index in [1.54, 1.807) is 11.8 Å². The number of alkyl halides is 5. The zero-order valence-corrected chi connectivity index (χ0v) is 12.7. The van der Waals surface area contributed by atoms with Gasteiger partial charge < -0.3 is 4.74 Å². The van der Waals surface area contributed by atoms with E-state index in [1.807, 2.05) is 0 Å². The fraction of sp³-hybridized carbons (Fsp3) is 0.923. The van der Waals surface area contributed by atoms with Crippen molar-refractivity contribution in [3.63, 3.8) is 0 Å². The zero-order chi connectivity index (χ0) is 16.3. The molecule has 8 heteroatoms. The van der Waals surface area contributed by atoms with E-state index in [9.17, 15) is 26.7 Å². The number of hydrogen-bond acceptors (Lipinski definition) is 3. The van der Waals surface area contributed by atoms with Gasteiger partial charge >= 0.3 is 18.1 Å². The van der Waals surface area contributed by atoms with Gasteiger partial charge in [-0.25, -0.2) is 0 Å². The number of ether oxygens (including phenoxy) is 1. The van der Waals surface area contributed by atoms with Gasteiger partial charge in [-0.15, -0.1) is 0 Å². The SMILES string of the molecule is CC(C)C(=O)OC(CC1CCSCC1)C(F)(F)C(F)(F)F. The Morgan fingerprint density at radius 1 is 1.19 bits per heavy atom. The molecule has 124 valence electrons. The third kappa shape index (κ3) is 5.00. The molecule has 1 rings (SSSR count). The van der Waals surface area contributed by atoms with Crippen LogP contribution in [0.5, 0.6) is 0 Å². The van der Waals surface area contributed by atoms with E-state index in [-0.39, 0.29) is 5.92 Å². The van der Waals surface area contributed by atoms with Gasteiger partial charge in [0, 0.05) is 0 Å². The molecule has 0 radical (unpaired) electrons. The second kappa shape index (κ2) is 7.15. The molecule has 1 heterocycles. The minimum absolute atomic E-state index is 0.274. The van der Waals surface area contributed by atoms with Crippen molar-refractivity contribution in [2.75, 3.05) is 11.5 Å². The lowest BCUT2D eigenvalue weighted by Crippen LogP contribution is -2.50. The summed E-state index contributed by atoms with van der Waals surface area (Å²) in [4.78, 5) is 11.4. The molecule has 0 N–H and O–H groups in total. The van der Waals surface area contributed by atoms with Gasteiger partial charge in [0.1, 0.15) is 0 Å². The van der Waals surface area contributed by atoms with Crippen molar-refractivity contribution in [1.82, 2.24) is 0 Å². The van der Waals surface area contributed by atoms with E-state index in [4.69, 9.17) is 0 Å². The van der Waals surface area contributed by atoms with E-state index in [1.165, 1.54) is 13.8 Å². The second-order valence-electron chi connectivity index (χ2n) is 5.49. The monoisotopic (exact) mass is 334 g/mol. The highest BCUT2D eigenvalue weighted by Crippen LogP contribution is 2.42. The number of halogens is 5. The summed E-state index contributed by atoms with van der Waals surface area (Å²) in [5, 5.41) is 0. The molecule has 0 spiro atoms. The molecule has 21 heavy (non-hydrogen) atoms. The van der Waals surface area contributed by atoms with E-state index < -0.39 is 36.5 Å². The van der Waals surface area contributed by atoms with Crippen molar-refractivity contribution in [3.8, 4) is 0 Å². The molecule has 0 aromatic heterocycles. The molecule has 0 amide bonds. The summed E-state index contributed by atoms with van der Waals surface area (Å²) >= 11 is 1.64. The van der Waals surface area contributed by atoms with Crippen molar-refractivity contribution in [3.05, 3.63) is 0 Å². The van der Waals surface area contributed by atoms with E-state index in [2.05, 4.69) is 4.74 Å². The lowest BCUT2D eigenvalue weighted by atomic mass is 9.92. The maximum atomic E-state index is 13.6. The number of hydrogen-bond donors (Lipinski definition) is 0. The molecule has 0 bridgehead atoms. The number of rotatable bonds is 5. The minimum atomic E-state index is -5.72. The van der Waals surface area contributed by atoms with Crippen LogP contribution < -0.4 is 0 Å². The molecule has 2 nitrogen and oxygen atoms in total. The predicted molar refractivity (Wildman–Crippen MR) is 70.4 cm³/mol. The Balaban J connectivity index is 2.85. The predicted octanol–water partition coefficient (Wildman–Crippen LogP) is 4.29. The molecule has 0 aliphatic carbocycles. The first-order valence-corrected chi connectivity index (χ1v) is 7.94. The van der Waals surface area contributed by atoms with Crippen LogP contribution in [-0.2, 0) is 9.53 Å². The third-order valence-corrected chi connectivity index (χ3v) is 4.45. The first kappa shape index (κ1) is 18.5. The van der Waals surface area contributed by atoms with Gasteiger partial charge in [-0.2, -0.15) is 33.7 Å². The molecule has 0 saturated carbocycles. The summed E-state index contributed by atoms with van der Waals surface area (Å²) in [6.07, 6.45) is -7.49. The first-order valence-electron chi connectivity index (χ1n) is 6.78. The van der Waals surface area contributed by atoms with Crippen molar-refractivity contribution >= 4 is 17.7 Å². The van der Waals surface area contributed by atoms with E-state index in [0.29, 0.717) is 12.8 Å². The Kier molecular flexibility index (Phi) is 6.31. The Morgan fingerprint density at radius 3 is 2.14 bits per heavy atom. The smallest absolute Gasteiger partial charge is 0.455 e. The van der Waals surface area contributed by atoms with E-state index >= 15 is 0 Å². The van der Waals surface area contributed by atoms with Gasteiger partial charge in [0.15, 0.2) is 6.10 Å². The lowest BCUT2D eigenvalue weighted by Gasteiger charge is -2.32. The van der Waals surface area contributed by atoms with Crippen LogP contribution in [0.4, 0.5) is 22.0 Å². The van der Waals surface area contributed by atoms with Crippen molar-refractivity contribution in [1.29, 1.82) is 0 Å². The fourth-order valence-corrected chi connectivity index (χ4v) is 3.22. The average Bonchev–Trinajstić information content (AvgIpc) is 2.37. The molecular formula is C13H19F5O2S. The molecule has 0 aromatic rings. The van der Waals surface area contributed by atoms with Crippen molar-refractivity contribution < 1.29 is 31.5 Å². The van der Waals surface area contributed by atoms with Crippen LogP contribution in [0.3, 0.4) is 0 Å². The largest absolute Gasteiger partial charge is 0.457 e. The molecule has 0 aromatic carbocycles. The minimum Gasteiger partial charge on any atom is -0.455 e. The summed E-state index contributed by atoms with van der Waals surface area (Å²) in [6, 6.07) is 0. The van der Waals surface area contributed by atoms with Crippen LogP contribution in [0.25, 0.3) is 0 Å². The summed E-state index contributed by atoms with van der Waals surface area (Å²) in [5.41, 5.74) is 0. The van der Waals surface area contributed by atoms with Crippen LogP contribution in [0.15, 0.2) is 0 Å². The third-order valence-electron chi connectivity index (χ3n) is 3.40. The first-order chi connectivity index (χ1) is 9.55. The molecule has 1 fully saturated rings. The highest BCUT2D eigenvalue weighted by Gasteiger charge is 2.64. The van der Waals surface area contributed by atoms with Crippen LogP contribution in [0.1, 0.15) is 33.1 Å². The second-order valence-corrected chi connectivity index (χ2v) is 6.72. The summed E-state index contributed by atoms with van der Waals surface area (Å²) < 4.78 is 69.3. The Morgan fingerprint density at radius 2 is 1.71 bits per heavy atom. The highest BCUT2D eigenvalue weighted by atomic mass is 32.2. The van der Waals surface area contributed by atoms with Gasteiger partial charge in [-0.1, -0.05) is 13.8 Å². The average molecular weight is 334 g/mol. The van der Waals surface area contributed by atoms with Crippen molar-refractivity contribution in [2.24, 2.45) is 11.8 Å². The number of carbonyl (C=O) groups excluding carboxylic acids is 1. The summed E-state index contributed by atoms with van der Waals surface area (Å²) in [6.45, 7) is 2.78. The lowest BCUT2D eigenvalue weighted by molar-refractivity contribution is -0.316. The zero-order valence-electron chi connectivity index (χ0n) is 11.9. The van der Waals surface area contributed by atoms with Crippen LogP contribution in [0, 0.1) is 11.8 Å². The summed E-state index contributed by atoms with van der Waals surface area (Å²) in [5.74, 6) is -5.63. The van der Waals surface area contributed by atoms with Gasteiger partial charge in [-0.05, 0) is 36.7 Å². The maximum Gasteiger partial charge on any atom is 0.457 e. The van der Waals surface area contributed by atoms with Crippen LogP contribution in [0.2, 0.25) is 0 Å². The molecule has 1 aliphatic heterocycles.